The number of pyridine rings is 1. The second kappa shape index (κ2) is 5.78. The number of carbonyl (C=O) groups excluding carboxylic acids is 2. The molecule has 0 aliphatic rings. The van der Waals surface area contributed by atoms with Gasteiger partial charge < -0.3 is 14.9 Å². The number of hydrogen-bond donors (Lipinski definition) is 1. The van der Waals surface area contributed by atoms with E-state index in [0.717, 1.165) is 0 Å². The van der Waals surface area contributed by atoms with Crippen molar-refractivity contribution in [3.8, 4) is 0 Å². The maximum atomic E-state index is 12.8. The van der Waals surface area contributed by atoms with E-state index in [2.05, 4.69) is 0 Å². The largest absolute Gasteiger partial charge is 0.465 e. The van der Waals surface area contributed by atoms with Crippen LogP contribution in [0.4, 0.5) is 5.69 Å². The third-order valence-corrected chi connectivity index (χ3v) is 3.84. The van der Waals surface area contributed by atoms with Gasteiger partial charge in [-0.05, 0) is 36.4 Å². The maximum absolute atomic E-state index is 12.8. The molecule has 116 valence electrons. The maximum Gasteiger partial charge on any atom is 0.342 e. The second-order valence-electron chi connectivity index (χ2n) is 4.92. The molecule has 0 fully saturated rings. The number of rotatable bonds is 3. The van der Waals surface area contributed by atoms with Crippen LogP contribution in [0, 0.1) is 0 Å². The zero-order chi connectivity index (χ0) is 16.6. The molecule has 0 aliphatic heterocycles. The van der Waals surface area contributed by atoms with Crippen molar-refractivity contribution in [2.24, 2.45) is 0 Å². The van der Waals surface area contributed by atoms with Gasteiger partial charge in [0.05, 0.1) is 18.3 Å². The van der Waals surface area contributed by atoms with E-state index in [1.807, 2.05) is 0 Å². The van der Waals surface area contributed by atoms with E-state index in [1.165, 1.54) is 7.11 Å². The number of hydrogen-bond acceptors (Lipinski definition) is 4. The van der Waals surface area contributed by atoms with Gasteiger partial charge in [0.25, 0.3) is 0 Å². The molecule has 3 rings (SSSR count). The summed E-state index contributed by atoms with van der Waals surface area (Å²) in [6.45, 7) is 0. The summed E-state index contributed by atoms with van der Waals surface area (Å²) in [6, 6.07) is 11.7. The van der Waals surface area contributed by atoms with E-state index in [0.29, 0.717) is 16.1 Å². The number of halogens is 1. The van der Waals surface area contributed by atoms with Gasteiger partial charge in [0.15, 0.2) is 0 Å². The Hall–Kier alpha value is -2.79. The Labute approximate surface area is 137 Å². The number of esters is 1. The second-order valence-corrected chi connectivity index (χ2v) is 5.36. The van der Waals surface area contributed by atoms with Crippen LogP contribution >= 0.6 is 11.6 Å². The normalized spacial score (nSPS) is 10.7. The first-order valence-electron chi connectivity index (χ1n) is 6.81. The van der Waals surface area contributed by atoms with Crippen molar-refractivity contribution in [2.75, 3.05) is 12.8 Å². The highest BCUT2D eigenvalue weighted by atomic mass is 35.5. The van der Waals surface area contributed by atoms with Crippen LogP contribution in [0.25, 0.3) is 5.52 Å². The Kier molecular flexibility index (Phi) is 3.80. The first-order chi connectivity index (χ1) is 11.0. The highest BCUT2D eigenvalue weighted by Gasteiger charge is 2.26. The number of fused-ring (bicyclic) bond motifs is 1. The fourth-order valence-electron chi connectivity index (χ4n) is 2.51. The van der Waals surface area contributed by atoms with Gasteiger partial charge in [-0.25, -0.2) is 4.79 Å². The monoisotopic (exact) mass is 328 g/mol. The van der Waals surface area contributed by atoms with Gasteiger partial charge in [0.1, 0.15) is 11.3 Å². The number of carbonyl (C=O) groups is 2. The highest BCUT2D eigenvalue weighted by molar-refractivity contribution is 6.30. The number of benzene rings is 1. The Balaban J connectivity index is 2.25. The Morgan fingerprint density at radius 1 is 1.13 bits per heavy atom. The molecule has 0 atom stereocenters. The third kappa shape index (κ3) is 2.45. The van der Waals surface area contributed by atoms with Crippen LogP contribution in [-0.4, -0.2) is 23.3 Å². The first kappa shape index (κ1) is 15.1. The van der Waals surface area contributed by atoms with Crippen LogP contribution in [0.5, 0.6) is 0 Å². The number of methoxy groups -OCH3 is 1. The summed E-state index contributed by atoms with van der Waals surface area (Å²) in [7, 11) is 1.27. The van der Waals surface area contributed by atoms with Gasteiger partial charge in [-0.3, -0.25) is 4.79 Å². The van der Waals surface area contributed by atoms with Crippen LogP contribution in [0.2, 0.25) is 5.02 Å². The standard InChI is InChI=1S/C17H13ClN2O3/c1-23-17(22)13-12-4-2-3-9-20(12)15(14(13)19)16(21)10-5-7-11(18)8-6-10/h2-9H,19H2,1H3. The molecule has 2 heterocycles. The lowest BCUT2D eigenvalue weighted by molar-refractivity contribution is 0.0604. The van der Waals surface area contributed by atoms with Crippen LogP contribution in [0.1, 0.15) is 26.4 Å². The molecule has 1 aromatic carbocycles. The smallest absolute Gasteiger partial charge is 0.342 e. The molecule has 0 bridgehead atoms. The Morgan fingerprint density at radius 2 is 1.83 bits per heavy atom. The molecule has 3 aromatic rings. The average molecular weight is 329 g/mol. The van der Waals surface area contributed by atoms with Gasteiger partial charge in [-0.2, -0.15) is 0 Å². The van der Waals surface area contributed by atoms with Crippen molar-refractivity contribution in [3.05, 3.63) is 70.5 Å². The average Bonchev–Trinajstić information content (AvgIpc) is 2.86. The predicted octanol–water partition coefficient (Wildman–Crippen LogP) is 3.19. The topological polar surface area (TPSA) is 73.8 Å². The highest BCUT2D eigenvalue weighted by Crippen LogP contribution is 2.29. The molecule has 6 heteroatoms. The zero-order valence-corrected chi connectivity index (χ0v) is 13.0. The summed E-state index contributed by atoms with van der Waals surface area (Å²) in [6.07, 6.45) is 1.68. The molecule has 2 N–H and O–H groups in total. The molecular weight excluding hydrogens is 316 g/mol. The number of anilines is 1. The molecule has 0 saturated heterocycles. The van der Waals surface area contributed by atoms with Crippen LogP contribution in [0.3, 0.4) is 0 Å². The minimum Gasteiger partial charge on any atom is -0.465 e. The molecule has 2 aromatic heterocycles. The van der Waals surface area contributed by atoms with E-state index >= 15 is 0 Å². The lowest BCUT2D eigenvalue weighted by Crippen LogP contribution is -2.09. The number of ether oxygens (including phenoxy) is 1. The number of nitrogens with zero attached hydrogens (tertiary/aromatic N) is 1. The van der Waals surface area contributed by atoms with Gasteiger partial charge in [-0.1, -0.05) is 17.7 Å². The van der Waals surface area contributed by atoms with Crippen LogP contribution in [-0.2, 0) is 4.74 Å². The van der Waals surface area contributed by atoms with E-state index < -0.39 is 5.97 Å². The Morgan fingerprint density at radius 3 is 2.48 bits per heavy atom. The van der Waals surface area contributed by atoms with Gasteiger partial charge >= 0.3 is 5.97 Å². The molecule has 0 aliphatic carbocycles. The molecule has 5 nitrogen and oxygen atoms in total. The molecular formula is C17H13ClN2O3. The van der Waals surface area contributed by atoms with Crippen molar-refractivity contribution >= 4 is 34.6 Å². The third-order valence-electron chi connectivity index (χ3n) is 3.59. The minimum atomic E-state index is -0.582. The number of nitrogen functional groups attached to an aromatic ring is 1. The SMILES string of the molecule is COC(=O)c1c(N)c(C(=O)c2ccc(Cl)cc2)n2ccccc12. The summed E-state index contributed by atoms with van der Waals surface area (Å²) in [5.74, 6) is -0.878. The lowest BCUT2D eigenvalue weighted by Gasteiger charge is -2.04. The quantitative estimate of drug-likeness (QED) is 0.592. The summed E-state index contributed by atoms with van der Waals surface area (Å²) >= 11 is 5.85. The molecule has 0 spiro atoms. The minimum absolute atomic E-state index is 0.100. The zero-order valence-electron chi connectivity index (χ0n) is 12.2. The molecule has 0 saturated carbocycles. The summed E-state index contributed by atoms with van der Waals surface area (Å²) in [5.41, 5.74) is 7.56. The van der Waals surface area contributed by atoms with Crippen molar-refractivity contribution in [1.82, 2.24) is 4.40 Å². The summed E-state index contributed by atoms with van der Waals surface area (Å²) in [5, 5.41) is 0.532. The fraction of sp³-hybridized carbons (Fsp3) is 0.0588. The summed E-state index contributed by atoms with van der Waals surface area (Å²) in [4.78, 5) is 24.8. The molecule has 0 amide bonds. The molecule has 0 unspecified atom stereocenters. The van der Waals surface area contributed by atoms with Gasteiger partial charge in [0.2, 0.25) is 5.78 Å². The van der Waals surface area contributed by atoms with Crippen molar-refractivity contribution in [3.63, 3.8) is 0 Å². The van der Waals surface area contributed by atoms with E-state index in [4.69, 9.17) is 22.1 Å². The van der Waals surface area contributed by atoms with Crippen molar-refractivity contribution < 1.29 is 14.3 Å². The van der Waals surface area contributed by atoms with Crippen molar-refractivity contribution in [2.45, 2.75) is 0 Å². The first-order valence-corrected chi connectivity index (χ1v) is 7.19. The van der Waals surface area contributed by atoms with Gasteiger partial charge in [0, 0.05) is 16.8 Å². The van der Waals surface area contributed by atoms with E-state index in [-0.39, 0.29) is 22.7 Å². The number of aromatic nitrogens is 1. The Bertz CT molecular complexity index is 913. The van der Waals surface area contributed by atoms with Crippen LogP contribution < -0.4 is 5.73 Å². The number of nitrogens with two attached hydrogens (primary N) is 1. The predicted molar refractivity (Wildman–Crippen MR) is 88.0 cm³/mol. The van der Waals surface area contributed by atoms with Crippen LogP contribution in [0.15, 0.2) is 48.7 Å². The van der Waals surface area contributed by atoms with E-state index in [1.54, 1.807) is 53.1 Å². The van der Waals surface area contributed by atoms with Crippen molar-refractivity contribution in [1.29, 1.82) is 0 Å². The van der Waals surface area contributed by atoms with Gasteiger partial charge in [-0.15, -0.1) is 0 Å². The lowest BCUT2D eigenvalue weighted by atomic mass is 10.1. The molecule has 23 heavy (non-hydrogen) atoms. The molecule has 0 radical (unpaired) electrons. The number of ketones is 1. The fourth-order valence-corrected chi connectivity index (χ4v) is 2.64. The van der Waals surface area contributed by atoms with E-state index in [9.17, 15) is 9.59 Å². The summed E-state index contributed by atoms with van der Waals surface area (Å²) < 4.78 is 6.37.